The van der Waals surface area contributed by atoms with Gasteiger partial charge in [0.1, 0.15) is 11.8 Å². The van der Waals surface area contributed by atoms with Crippen LogP contribution in [0.25, 0.3) is 0 Å². The molecule has 2 fully saturated rings. The van der Waals surface area contributed by atoms with Gasteiger partial charge in [0.2, 0.25) is 5.91 Å². The van der Waals surface area contributed by atoms with E-state index in [1.54, 1.807) is 7.11 Å². The lowest BCUT2D eigenvalue weighted by molar-refractivity contribution is -0.129. The average Bonchev–Trinajstić information content (AvgIpc) is 2.69. The molecule has 1 aromatic carbocycles. The van der Waals surface area contributed by atoms with E-state index in [-0.39, 0.29) is 48.9 Å². The summed E-state index contributed by atoms with van der Waals surface area (Å²) in [7, 11) is 1.68. The highest BCUT2D eigenvalue weighted by molar-refractivity contribution is 5.85. The number of amides is 1. The molecule has 3 rings (SSSR count). The second-order valence-electron chi connectivity index (χ2n) is 7.14. The Morgan fingerprint density at radius 1 is 1.25 bits per heavy atom. The number of nitrogens with one attached hydrogen (secondary N) is 2. The van der Waals surface area contributed by atoms with Crippen LogP contribution in [0, 0.1) is 0 Å². The first kappa shape index (κ1) is 25.0. The molecule has 3 atom stereocenters. The van der Waals surface area contributed by atoms with Crippen molar-refractivity contribution in [3.8, 4) is 5.75 Å². The van der Waals surface area contributed by atoms with Gasteiger partial charge in [-0.25, -0.2) is 0 Å². The summed E-state index contributed by atoms with van der Waals surface area (Å²) in [4.78, 5) is 15.1. The summed E-state index contributed by atoms with van der Waals surface area (Å²) in [6, 6.07) is 8.11. The highest BCUT2D eigenvalue weighted by Gasteiger charge is 2.29. The summed E-state index contributed by atoms with van der Waals surface area (Å²) in [5, 5.41) is 6.41. The standard InChI is InChI=1S/C20H31N3O3.2ClH/c1-15-19(21-10-13-26-15)20(24)22-14-18(23-11-4-3-5-12-23)16-6-8-17(25-2)9-7-16;;/h6-9,15,18-19,21H,3-5,10-14H2,1-2H3,(H,22,24);2*1H/t15-,18?,19+;;/m1../s1. The van der Waals surface area contributed by atoms with E-state index in [1.165, 1.54) is 24.8 Å². The lowest BCUT2D eigenvalue weighted by Gasteiger charge is -2.36. The van der Waals surface area contributed by atoms with Crippen molar-refractivity contribution in [2.24, 2.45) is 0 Å². The fourth-order valence-corrected chi connectivity index (χ4v) is 3.85. The van der Waals surface area contributed by atoms with Crippen molar-refractivity contribution in [1.82, 2.24) is 15.5 Å². The molecule has 0 saturated carbocycles. The largest absolute Gasteiger partial charge is 0.497 e. The van der Waals surface area contributed by atoms with E-state index in [4.69, 9.17) is 9.47 Å². The molecule has 1 unspecified atom stereocenters. The van der Waals surface area contributed by atoms with Crippen molar-refractivity contribution in [3.05, 3.63) is 29.8 Å². The van der Waals surface area contributed by atoms with Crippen LogP contribution in [0.2, 0.25) is 0 Å². The molecule has 160 valence electrons. The van der Waals surface area contributed by atoms with Gasteiger partial charge in [0, 0.05) is 13.1 Å². The van der Waals surface area contributed by atoms with Crippen LogP contribution in [0.1, 0.15) is 37.8 Å². The average molecular weight is 434 g/mol. The van der Waals surface area contributed by atoms with Crippen LogP contribution < -0.4 is 15.4 Å². The number of rotatable bonds is 6. The molecule has 2 aliphatic heterocycles. The van der Waals surface area contributed by atoms with Crippen LogP contribution in [-0.4, -0.2) is 62.8 Å². The number of benzene rings is 1. The van der Waals surface area contributed by atoms with Crippen LogP contribution in [0.3, 0.4) is 0 Å². The number of nitrogens with zero attached hydrogens (tertiary/aromatic N) is 1. The highest BCUT2D eigenvalue weighted by Crippen LogP contribution is 2.26. The lowest BCUT2D eigenvalue weighted by Crippen LogP contribution is -2.56. The maximum absolute atomic E-state index is 12.6. The van der Waals surface area contributed by atoms with Crippen LogP contribution >= 0.6 is 24.8 Å². The van der Waals surface area contributed by atoms with Crippen molar-refractivity contribution >= 4 is 30.7 Å². The van der Waals surface area contributed by atoms with E-state index in [2.05, 4.69) is 27.7 Å². The zero-order valence-corrected chi connectivity index (χ0v) is 18.3. The normalized spacial score (nSPS) is 23.6. The molecule has 0 radical (unpaired) electrons. The van der Waals surface area contributed by atoms with E-state index >= 15 is 0 Å². The Balaban J connectivity index is 0.00000196. The van der Waals surface area contributed by atoms with Gasteiger partial charge in [-0.3, -0.25) is 9.69 Å². The van der Waals surface area contributed by atoms with Crippen molar-refractivity contribution < 1.29 is 14.3 Å². The number of halogens is 2. The van der Waals surface area contributed by atoms with Crippen LogP contribution in [0.5, 0.6) is 5.75 Å². The fraction of sp³-hybridized carbons (Fsp3) is 0.650. The molecule has 2 N–H and O–H groups in total. The first-order valence-corrected chi connectivity index (χ1v) is 9.69. The second-order valence-corrected chi connectivity index (χ2v) is 7.14. The molecule has 0 aliphatic carbocycles. The number of hydrogen-bond donors (Lipinski definition) is 2. The molecule has 2 saturated heterocycles. The number of carbonyl (C=O) groups is 1. The smallest absolute Gasteiger partial charge is 0.239 e. The van der Waals surface area contributed by atoms with Crippen LogP contribution in [0.4, 0.5) is 0 Å². The van der Waals surface area contributed by atoms with Gasteiger partial charge in [-0.2, -0.15) is 0 Å². The van der Waals surface area contributed by atoms with E-state index in [1.807, 2.05) is 19.1 Å². The summed E-state index contributed by atoms with van der Waals surface area (Å²) in [6.07, 6.45) is 3.63. The Kier molecular flexibility index (Phi) is 11.2. The summed E-state index contributed by atoms with van der Waals surface area (Å²) in [6.45, 7) is 6.09. The number of hydrogen-bond acceptors (Lipinski definition) is 5. The van der Waals surface area contributed by atoms with E-state index < -0.39 is 0 Å². The number of ether oxygens (including phenoxy) is 2. The van der Waals surface area contributed by atoms with Gasteiger partial charge in [0.05, 0.1) is 25.9 Å². The number of methoxy groups -OCH3 is 1. The Morgan fingerprint density at radius 2 is 1.93 bits per heavy atom. The van der Waals surface area contributed by atoms with Gasteiger partial charge in [-0.05, 0) is 50.6 Å². The summed E-state index contributed by atoms with van der Waals surface area (Å²) in [5.41, 5.74) is 1.22. The van der Waals surface area contributed by atoms with E-state index in [9.17, 15) is 4.79 Å². The first-order valence-electron chi connectivity index (χ1n) is 9.69. The predicted octanol–water partition coefficient (Wildman–Crippen LogP) is 2.56. The van der Waals surface area contributed by atoms with Crippen molar-refractivity contribution in [3.63, 3.8) is 0 Å². The Labute approximate surface area is 180 Å². The minimum atomic E-state index is -0.276. The van der Waals surface area contributed by atoms with Crippen molar-refractivity contribution in [2.45, 2.75) is 44.4 Å². The van der Waals surface area contributed by atoms with E-state index in [0.717, 1.165) is 25.4 Å². The molecule has 28 heavy (non-hydrogen) atoms. The molecule has 8 heteroatoms. The first-order chi connectivity index (χ1) is 12.7. The Morgan fingerprint density at radius 3 is 2.54 bits per heavy atom. The molecular formula is C20H33Cl2N3O3. The second kappa shape index (κ2) is 12.5. The molecule has 1 amide bonds. The molecule has 1 aromatic rings. The fourth-order valence-electron chi connectivity index (χ4n) is 3.85. The monoisotopic (exact) mass is 433 g/mol. The quantitative estimate of drug-likeness (QED) is 0.721. The minimum Gasteiger partial charge on any atom is -0.497 e. The van der Waals surface area contributed by atoms with Gasteiger partial charge in [-0.15, -0.1) is 24.8 Å². The predicted molar refractivity (Wildman–Crippen MR) is 116 cm³/mol. The van der Waals surface area contributed by atoms with Crippen molar-refractivity contribution in [2.75, 3.05) is 39.9 Å². The molecule has 0 aromatic heterocycles. The molecule has 6 nitrogen and oxygen atoms in total. The molecular weight excluding hydrogens is 401 g/mol. The number of likely N-dealkylation sites (tertiary alicyclic amines) is 1. The maximum Gasteiger partial charge on any atom is 0.239 e. The third-order valence-corrected chi connectivity index (χ3v) is 5.40. The zero-order chi connectivity index (χ0) is 18.4. The summed E-state index contributed by atoms with van der Waals surface area (Å²) >= 11 is 0. The number of carbonyl (C=O) groups excluding carboxylic acids is 1. The van der Waals surface area contributed by atoms with Crippen LogP contribution in [-0.2, 0) is 9.53 Å². The maximum atomic E-state index is 12.6. The molecule has 0 spiro atoms. The lowest BCUT2D eigenvalue weighted by atomic mass is 10.0. The molecule has 0 bridgehead atoms. The van der Waals surface area contributed by atoms with Gasteiger partial charge in [0.25, 0.3) is 0 Å². The van der Waals surface area contributed by atoms with Crippen molar-refractivity contribution in [1.29, 1.82) is 0 Å². The Bertz CT molecular complexity index is 583. The topological polar surface area (TPSA) is 62.8 Å². The Hall–Kier alpha value is -1.05. The SMILES string of the molecule is COc1ccc(C(CNC(=O)[C@H]2NCCO[C@@H]2C)N2CCCCC2)cc1.Cl.Cl. The minimum absolute atomic E-state index is 0. The molecule has 2 heterocycles. The zero-order valence-electron chi connectivity index (χ0n) is 16.7. The van der Waals surface area contributed by atoms with Gasteiger partial charge in [0.15, 0.2) is 0 Å². The highest BCUT2D eigenvalue weighted by atomic mass is 35.5. The molecule has 2 aliphatic rings. The van der Waals surface area contributed by atoms with Gasteiger partial charge < -0.3 is 20.1 Å². The number of piperidine rings is 1. The third-order valence-electron chi connectivity index (χ3n) is 5.40. The summed E-state index contributed by atoms with van der Waals surface area (Å²) in [5.74, 6) is 0.875. The van der Waals surface area contributed by atoms with Gasteiger partial charge >= 0.3 is 0 Å². The third kappa shape index (κ3) is 6.49. The van der Waals surface area contributed by atoms with E-state index in [0.29, 0.717) is 13.2 Å². The summed E-state index contributed by atoms with van der Waals surface area (Å²) < 4.78 is 10.9. The van der Waals surface area contributed by atoms with Gasteiger partial charge in [-0.1, -0.05) is 18.6 Å². The van der Waals surface area contributed by atoms with Crippen LogP contribution in [0.15, 0.2) is 24.3 Å². The number of morpholine rings is 1.